The number of quaternary nitrogens is 1. The molecule has 0 aromatic heterocycles. The lowest BCUT2D eigenvalue weighted by Crippen LogP contribution is -2.52. The molecule has 0 saturated carbocycles. The van der Waals surface area contributed by atoms with Crippen LogP contribution in [0.5, 0.6) is 0 Å². The third-order valence-electron chi connectivity index (χ3n) is 5.26. The van der Waals surface area contributed by atoms with Gasteiger partial charge in [0.1, 0.15) is 13.1 Å². The molecule has 1 heterocycles. The van der Waals surface area contributed by atoms with Crippen LogP contribution in [0.3, 0.4) is 0 Å². The lowest BCUT2D eigenvalue weighted by molar-refractivity contribution is -0.919. The maximum atomic E-state index is 11.5. The van der Waals surface area contributed by atoms with E-state index < -0.39 is 5.60 Å². The van der Waals surface area contributed by atoms with Crippen molar-refractivity contribution in [3.8, 4) is 24.2 Å². The molecular formula is C24H26NO+. The summed E-state index contributed by atoms with van der Waals surface area (Å²) in [5.41, 5.74) is 0.278. The van der Waals surface area contributed by atoms with Crippen molar-refractivity contribution >= 4 is 0 Å². The molecule has 2 aromatic rings. The first-order valence-electron chi connectivity index (χ1n) is 9.31. The Morgan fingerprint density at radius 2 is 1.38 bits per heavy atom. The maximum Gasteiger partial charge on any atom is 0.177 e. The summed E-state index contributed by atoms with van der Waals surface area (Å²) in [5, 5.41) is 11.5. The van der Waals surface area contributed by atoms with Crippen molar-refractivity contribution in [3.05, 3.63) is 71.8 Å². The van der Waals surface area contributed by atoms with Gasteiger partial charge in [0.2, 0.25) is 0 Å². The summed E-state index contributed by atoms with van der Waals surface area (Å²) in [6.07, 6.45) is 9.29. The lowest BCUT2D eigenvalue weighted by atomic mass is 9.87. The van der Waals surface area contributed by atoms with Crippen molar-refractivity contribution in [2.45, 2.75) is 24.9 Å². The van der Waals surface area contributed by atoms with Gasteiger partial charge in [-0.05, 0) is 31.1 Å². The van der Waals surface area contributed by atoms with Crippen LogP contribution in [0.15, 0.2) is 60.7 Å². The molecule has 1 fully saturated rings. The van der Waals surface area contributed by atoms with Gasteiger partial charge in [-0.2, -0.15) is 0 Å². The molecule has 0 spiro atoms. The summed E-state index contributed by atoms with van der Waals surface area (Å²) in [4.78, 5) is 0. The molecule has 0 radical (unpaired) electrons. The Bertz CT molecular complexity index is 763. The molecule has 0 atom stereocenters. The second-order valence-corrected chi connectivity index (χ2v) is 7.11. The molecule has 2 aromatic carbocycles. The van der Waals surface area contributed by atoms with E-state index in [1.165, 1.54) is 19.3 Å². The molecule has 0 aliphatic carbocycles. The molecule has 2 heteroatoms. The van der Waals surface area contributed by atoms with Gasteiger partial charge < -0.3 is 9.59 Å². The number of rotatable bonds is 4. The summed E-state index contributed by atoms with van der Waals surface area (Å²) in [6, 6.07) is 19.3. The fourth-order valence-corrected chi connectivity index (χ4v) is 3.75. The zero-order valence-electron chi connectivity index (χ0n) is 15.2. The van der Waals surface area contributed by atoms with Crippen molar-refractivity contribution in [2.24, 2.45) is 0 Å². The molecule has 2 nitrogen and oxygen atoms in total. The van der Waals surface area contributed by atoms with Crippen LogP contribution in [0.2, 0.25) is 0 Å². The van der Waals surface area contributed by atoms with Gasteiger partial charge in [-0.1, -0.05) is 66.6 Å². The predicted molar refractivity (Wildman–Crippen MR) is 106 cm³/mol. The van der Waals surface area contributed by atoms with E-state index in [4.69, 9.17) is 6.42 Å². The number of nitrogens with zero attached hydrogens (tertiary/aromatic N) is 1. The second-order valence-electron chi connectivity index (χ2n) is 7.11. The van der Waals surface area contributed by atoms with Crippen molar-refractivity contribution in [2.75, 3.05) is 26.2 Å². The molecule has 1 aliphatic heterocycles. The first-order chi connectivity index (χ1) is 12.7. The molecule has 26 heavy (non-hydrogen) atoms. The van der Waals surface area contributed by atoms with Crippen LogP contribution in [0.4, 0.5) is 0 Å². The molecule has 3 rings (SSSR count). The molecular weight excluding hydrogens is 318 g/mol. The number of piperidine rings is 1. The number of hydrogen-bond donors (Lipinski definition) is 1. The summed E-state index contributed by atoms with van der Waals surface area (Å²) >= 11 is 0. The fraction of sp³-hybridized carbons (Fsp3) is 0.333. The highest BCUT2D eigenvalue weighted by atomic mass is 16.3. The quantitative estimate of drug-likeness (QED) is 0.664. The Balaban J connectivity index is 1.93. The van der Waals surface area contributed by atoms with Crippen LogP contribution in [0.1, 0.15) is 30.4 Å². The Morgan fingerprint density at radius 3 is 1.88 bits per heavy atom. The van der Waals surface area contributed by atoms with Gasteiger partial charge in [0.25, 0.3) is 0 Å². The number of hydrogen-bond acceptors (Lipinski definition) is 1. The van der Waals surface area contributed by atoms with Crippen molar-refractivity contribution < 1.29 is 9.59 Å². The van der Waals surface area contributed by atoms with E-state index in [0.717, 1.165) is 28.7 Å². The Morgan fingerprint density at radius 1 is 0.846 bits per heavy atom. The topological polar surface area (TPSA) is 20.2 Å². The van der Waals surface area contributed by atoms with Gasteiger partial charge in [0, 0.05) is 11.1 Å². The number of aliphatic hydroxyl groups is 1. The fourth-order valence-electron chi connectivity index (χ4n) is 3.75. The van der Waals surface area contributed by atoms with E-state index in [1.807, 2.05) is 60.7 Å². The normalized spacial score (nSPS) is 16.2. The Kier molecular flexibility index (Phi) is 5.79. The SMILES string of the molecule is C#CC[N+]1(CC#CC(O)(c2ccccc2)c2ccccc2)CCCCC1. The summed E-state index contributed by atoms with van der Waals surface area (Å²) in [7, 11) is 0. The highest BCUT2D eigenvalue weighted by Gasteiger charge is 2.31. The van der Waals surface area contributed by atoms with Gasteiger partial charge in [0.05, 0.1) is 13.1 Å². The predicted octanol–water partition coefficient (Wildman–Crippen LogP) is 3.56. The van der Waals surface area contributed by atoms with Crippen LogP contribution in [-0.4, -0.2) is 35.8 Å². The van der Waals surface area contributed by atoms with E-state index in [-0.39, 0.29) is 0 Å². The molecule has 1 N–H and O–H groups in total. The molecule has 0 unspecified atom stereocenters. The van der Waals surface area contributed by atoms with E-state index >= 15 is 0 Å². The monoisotopic (exact) mass is 344 g/mol. The zero-order chi connectivity index (χ0) is 18.3. The minimum Gasteiger partial charge on any atom is -0.369 e. The van der Waals surface area contributed by atoms with Crippen LogP contribution in [0, 0.1) is 24.2 Å². The second kappa shape index (κ2) is 8.24. The molecule has 1 aliphatic rings. The standard InChI is InChI=1S/C24H26NO/c1-2-18-25(19-10-5-11-20-25)21-12-17-24(26,22-13-6-3-7-14-22)23-15-8-4-9-16-23/h1,3-4,6-9,13-16,26H,5,10-11,18-21H2/q+1. The van der Waals surface area contributed by atoms with Crippen molar-refractivity contribution in [1.29, 1.82) is 0 Å². The van der Waals surface area contributed by atoms with Gasteiger partial charge in [-0.25, -0.2) is 0 Å². The van der Waals surface area contributed by atoms with Gasteiger partial charge in [0.15, 0.2) is 5.60 Å². The largest absolute Gasteiger partial charge is 0.369 e. The van der Waals surface area contributed by atoms with Crippen LogP contribution in [0.25, 0.3) is 0 Å². The van der Waals surface area contributed by atoms with Crippen molar-refractivity contribution in [1.82, 2.24) is 0 Å². The first-order valence-corrected chi connectivity index (χ1v) is 9.31. The average Bonchev–Trinajstić information content (AvgIpc) is 2.70. The average molecular weight is 344 g/mol. The molecule has 1 saturated heterocycles. The Labute approximate surface area is 157 Å². The van der Waals surface area contributed by atoms with E-state index in [1.54, 1.807) is 0 Å². The van der Waals surface area contributed by atoms with Crippen LogP contribution >= 0.6 is 0 Å². The van der Waals surface area contributed by atoms with Crippen LogP contribution in [-0.2, 0) is 5.60 Å². The first kappa shape index (κ1) is 18.3. The van der Waals surface area contributed by atoms with Gasteiger partial charge in [-0.3, -0.25) is 0 Å². The number of likely N-dealkylation sites (tertiary alicyclic amines) is 1. The summed E-state index contributed by atoms with van der Waals surface area (Å²) in [6.45, 7) is 3.55. The summed E-state index contributed by atoms with van der Waals surface area (Å²) < 4.78 is 0.850. The molecule has 0 amide bonds. The minimum atomic E-state index is -1.31. The van der Waals surface area contributed by atoms with Crippen molar-refractivity contribution in [3.63, 3.8) is 0 Å². The van der Waals surface area contributed by atoms with Gasteiger partial charge >= 0.3 is 0 Å². The highest BCUT2D eigenvalue weighted by Crippen LogP contribution is 2.29. The number of benzene rings is 2. The zero-order valence-corrected chi connectivity index (χ0v) is 15.2. The smallest absolute Gasteiger partial charge is 0.177 e. The van der Waals surface area contributed by atoms with Gasteiger partial charge in [-0.15, -0.1) is 6.42 Å². The van der Waals surface area contributed by atoms with E-state index in [2.05, 4.69) is 17.8 Å². The molecule has 132 valence electrons. The third kappa shape index (κ3) is 4.00. The molecule has 0 bridgehead atoms. The highest BCUT2D eigenvalue weighted by molar-refractivity contribution is 5.44. The van der Waals surface area contributed by atoms with E-state index in [0.29, 0.717) is 13.1 Å². The summed E-state index contributed by atoms with van der Waals surface area (Å²) in [5.74, 6) is 9.31. The van der Waals surface area contributed by atoms with Crippen LogP contribution < -0.4 is 0 Å². The maximum absolute atomic E-state index is 11.5. The third-order valence-corrected chi connectivity index (χ3v) is 5.26. The number of terminal acetylenes is 1. The van der Waals surface area contributed by atoms with E-state index in [9.17, 15) is 5.11 Å². The lowest BCUT2D eigenvalue weighted by Gasteiger charge is -2.38. The minimum absolute atomic E-state index is 0.687. The Hall–Kier alpha value is -2.52.